The minimum absolute atomic E-state index is 0.0351. The molecule has 418 valence electrons. The molecule has 0 aliphatic carbocycles. The van der Waals surface area contributed by atoms with Crippen molar-refractivity contribution in [2.45, 2.75) is 270 Å². The van der Waals surface area contributed by atoms with Gasteiger partial charge in [-0.1, -0.05) is 222 Å². The van der Waals surface area contributed by atoms with Gasteiger partial charge in [0.15, 0.2) is 0 Å². The molecule has 0 saturated heterocycles. The standard InChI is InChI=1S/C62H113N2O7P/c1-7-10-13-16-19-22-25-28-30-32-34-36-39-42-45-48-51-54-61(65)63-59(58-70-72(67,68)69-57-56-64(4,5)6)60(53-50-47-44-41-38-27-24-21-18-15-12-9-3)71-62(66)55-52-49-46-43-40-37-35-33-31-29-26-23-20-17-14-11-8-2/h19,22,28-31,34,36,42,45,50,53,59-60H,7-18,20-21,23-27,32-33,35,37-41,43-44,46-49,51-52,54-58H2,1-6H3,(H-,63,65,67,68)/b22-19-,30-28-,31-29+,36-34-,45-42-,53-50+. The fourth-order valence-corrected chi connectivity index (χ4v) is 8.94. The zero-order valence-electron chi connectivity index (χ0n) is 47.6. The van der Waals surface area contributed by atoms with E-state index in [1.54, 1.807) is 0 Å². The largest absolute Gasteiger partial charge is 0.756 e. The Labute approximate surface area is 444 Å². The predicted molar refractivity (Wildman–Crippen MR) is 307 cm³/mol. The molecule has 0 bridgehead atoms. The summed E-state index contributed by atoms with van der Waals surface area (Å²) in [6.07, 6.45) is 65.9. The van der Waals surface area contributed by atoms with Gasteiger partial charge in [0.25, 0.3) is 7.82 Å². The van der Waals surface area contributed by atoms with Gasteiger partial charge in [0.1, 0.15) is 19.3 Å². The molecular weight excluding hydrogens is 916 g/mol. The molecule has 1 N–H and O–H groups in total. The Hall–Kier alpha value is -2.55. The lowest BCUT2D eigenvalue weighted by Crippen LogP contribution is -2.47. The van der Waals surface area contributed by atoms with Crippen molar-refractivity contribution in [3.05, 3.63) is 72.9 Å². The van der Waals surface area contributed by atoms with E-state index in [1.807, 2.05) is 33.3 Å². The van der Waals surface area contributed by atoms with Crippen molar-refractivity contribution in [3.8, 4) is 0 Å². The third kappa shape index (κ3) is 52.3. The molecule has 0 aromatic heterocycles. The molecule has 72 heavy (non-hydrogen) atoms. The van der Waals surface area contributed by atoms with E-state index in [2.05, 4.69) is 86.8 Å². The average Bonchev–Trinajstić information content (AvgIpc) is 3.34. The molecule has 0 aliphatic rings. The molecule has 1 amide bonds. The Balaban J connectivity index is 5.41. The number of allylic oxidation sites excluding steroid dienone is 11. The molecule has 0 rings (SSSR count). The highest BCUT2D eigenvalue weighted by molar-refractivity contribution is 7.45. The highest BCUT2D eigenvalue weighted by Gasteiger charge is 2.27. The van der Waals surface area contributed by atoms with Gasteiger partial charge in [-0.15, -0.1) is 0 Å². The number of carbonyl (C=O) groups is 2. The lowest BCUT2D eigenvalue weighted by atomic mass is 10.1. The van der Waals surface area contributed by atoms with Crippen LogP contribution in [0.5, 0.6) is 0 Å². The molecule has 0 saturated carbocycles. The number of ether oxygens (including phenoxy) is 1. The van der Waals surface area contributed by atoms with E-state index in [-0.39, 0.29) is 31.3 Å². The van der Waals surface area contributed by atoms with Crippen LogP contribution in [-0.2, 0) is 27.9 Å². The maximum absolute atomic E-state index is 13.5. The first kappa shape index (κ1) is 69.5. The van der Waals surface area contributed by atoms with Crippen molar-refractivity contribution >= 4 is 19.7 Å². The van der Waals surface area contributed by atoms with Gasteiger partial charge in [-0.25, -0.2) is 0 Å². The van der Waals surface area contributed by atoms with Crippen LogP contribution < -0.4 is 10.2 Å². The molecule has 10 heteroatoms. The van der Waals surface area contributed by atoms with Crippen LogP contribution in [0, 0.1) is 0 Å². The van der Waals surface area contributed by atoms with E-state index in [0.717, 1.165) is 77.0 Å². The fourth-order valence-electron chi connectivity index (χ4n) is 8.21. The number of amides is 1. The Morgan fingerprint density at radius 2 is 0.861 bits per heavy atom. The number of esters is 1. The average molecular weight is 1030 g/mol. The van der Waals surface area contributed by atoms with Crippen molar-refractivity contribution in [1.82, 2.24) is 5.32 Å². The smallest absolute Gasteiger partial charge is 0.306 e. The number of quaternary nitrogens is 1. The van der Waals surface area contributed by atoms with Gasteiger partial charge in [0, 0.05) is 12.8 Å². The van der Waals surface area contributed by atoms with Crippen molar-refractivity contribution < 1.29 is 37.3 Å². The topological polar surface area (TPSA) is 114 Å². The van der Waals surface area contributed by atoms with E-state index in [1.165, 1.54) is 141 Å². The van der Waals surface area contributed by atoms with E-state index in [4.69, 9.17) is 13.8 Å². The third-order valence-electron chi connectivity index (χ3n) is 12.9. The summed E-state index contributed by atoms with van der Waals surface area (Å²) < 4.78 is 30.2. The maximum atomic E-state index is 13.5. The number of unbranched alkanes of at least 4 members (excludes halogenated alkanes) is 27. The summed E-state index contributed by atoms with van der Waals surface area (Å²) in [5.41, 5.74) is 0. The summed E-state index contributed by atoms with van der Waals surface area (Å²) in [6, 6.07) is -0.920. The first-order valence-corrected chi connectivity index (χ1v) is 31.2. The number of phosphoric ester groups is 1. The van der Waals surface area contributed by atoms with Gasteiger partial charge in [-0.2, -0.15) is 0 Å². The van der Waals surface area contributed by atoms with E-state index < -0.39 is 26.6 Å². The summed E-state index contributed by atoms with van der Waals surface area (Å²) in [7, 11) is 1.14. The molecule has 0 fully saturated rings. The second-order valence-electron chi connectivity index (χ2n) is 21.1. The predicted octanol–water partition coefficient (Wildman–Crippen LogP) is 17.4. The van der Waals surface area contributed by atoms with Crippen LogP contribution in [0.25, 0.3) is 0 Å². The molecular formula is C62H113N2O7P. The zero-order chi connectivity index (χ0) is 52.9. The Kier molecular flexibility index (Phi) is 50.1. The Morgan fingerprint density at radius 3 is 1.33 bits per heavy atom. The molecule has 0 heterocycles. The second-order valence-corrected chi connectivity index (χ2v) is 22.6. The van der Waals surface area contributed by atoms with E-state index >= 15 is 0 Å². The second kappa shape index (κ2) is 51.9. The minimum atomic E-state index is -4.71. The molecule has 0 aromatic carbocycles. The quantitative estimate of drug-likeness (QED) is 0.0212. The summed E-state index contributed by atoms with van der Waals surface area (Å²) >= 11 is 0. The Morgan fingerprint density at radius 1 is 0.486 bits per heavy atom. The molecule has 0 spiro atoms. The van der Waals surface area contributed by atoms with Crippen molar-refractivity contribution in [2.24, 2.45) is 0 Å². The van der Waals surface area contributed by atoms with Gasteiger partial charge in [0.2, 0.25) is 5.91 Å². The molecule has 3 unspecified atom stereocenters. The number of nitrogens with one attached hydrogen (secondary N) is 1. The van der Waals surface area contributed by atoms with Crippen molar-refractivity contribution in [3.63, 3.8) is 0 Å². The normalized spacial score (nSPS) is 14.3. The van der Waals surface area contributed by atoms with Crippen LogP contribution in [0.1, 0.15) is 258 Å². The Bertz CT molecular complexity index is 1460. The molecule has 9 nitrogen and oxygen atoms in total. The van der Waals surface area contributed by atoms with Crippen LogP contribution in [0.2, 0.25) is 0 Å². The number of rotatable bonds is 53. The van der Waals surface area contributed by atoms with Crippen LogP contribution in [0.3, 0.4) is 0 Å². The lowest BCUT2D eigenvalue weighted by molar-refractivity contribution is -0.870. The number of hydrogen-bond donors (Lipinski definition) is 1. The molecule has 0 aromatic rings. The van der Waals surface area contributed by atoms with Crippen molar-refractivity contribution in [1.29, 1.82) is 0 Å². The highest BCUT2D eigenvalue weighted by Crippen LogP contribution is 2.38. The van der Waals surface area contributed by atoms with Gasteiger partial charge >= 0.3 is 5.97 Å². The van der Waals surface area contributed by atoms with Crippen LogP contribution in [0.4, 0.5) is 0 Å². The monoisotopic (exact) mass is 1030 g/mol. The summed E-state index contributed by atoms with van der Waals surface area (Å²) in [6.45, 7) is 6.76. The van der Waals surface area contributed by atoms with Gasteiger partial charge < -0.3 is 28.5 Å². The van der Waals surface area contributed by atoms with Gasteiger partial charge in [-0.05, 0) is 96.0 Å². The number of nitrogens with zero attached hydrogens (tertiary/aromatic N) is 1. The van der Waals surface area contributed by atoms with Gasteiger partial charge in [-0.3, -0.25) is 14.2 Å². The number of hydrogen-bond acceptors (Lipinski definition) is 7. The third-order valence-corrected chi connectivity index (χ3v) is 13.8. The number of likely N-dealkylation sites (N-methyl/N-ethyl adjacent to an activating group) is 1. The fraction of sp³-hybridized carbons (Fsp3) is 0.774. The first-order valence-electron chi connectivity index (χ1n) is 29.7. The molecule has 0 aliphatic heterocycles. The number of phosphoric acid groups is 1. The molecule has 0 radical (unpaired) electrons. The summed E-state index contributed by atoms with van der Waals surface area (Å²) in [5.74, 6) is -0.611. The highest BCUT2D eigenvalue weighted by atomic mass is 31.2. The minimum Gasteiger partial charge on any atom is -0.756 e. The van der Waals surface area contributed by atoms with Gasteiger partial charge in [0.05, 0.1) is 33.8 Å². The zero-order valence-corrected chi connectivity index (χ0v) is 48.5. The summed E-state index contributed by atoms with van der Waals surface area (Å²) in [5, 5.41) is 2.99. The van der Waals surface area contributed by atoms with Crippen molar-refractivity contribution in [2.75, 3.05) is 40.9 Å². The van der Waals surface area contributed by atoms with E-state index in [0.29, 0.717) is 17.4 Å². The molecule has 3 atom stereocenters. The summed E-state index contributed by atoms with van der Waals surface area (Å²) in [4.78, 5) is 39.9. The maximum Gasteiger partial charge on any atom is 0.306 e. The van der Waals surface area contributed by atoms with Crippen LogP contribution in [0.15, 0.2) is 72.9 Å². The van der Waals surface area contributed by atoms with E-state index in [9.17, 15) is 19.0 Å². The lowest BCUT2D eigenvalue weighted by Gasteiger charge is -2.30. The SMILES string of the molecule is CCCCC/C=C\C/C=C\C/C=C\C/C=C\CCCC(=O)NC(COP(=O)([O-])OCC[N+](C)(C)C)C(/C=C/CCCCCCCCCCCC)OC(=O)CCCCCCCCC/C=C/CCCCCCCC. The van der Waals surface area contributed by atoms with Crippen LogP contribution >= 0.6 is 7.82 Å². The van der Waals surface area contributed by atoms with Crippen LogP contribution in [-0.4, -0.2) is 69.4 Å². The first-order chi connectivity index (χ1) is 34.9. The number of carbonyl (C=O) groups excluding carboxylic acids is 2.